The van der Waals surface area contributed by atoms with Gasteiger partial charge in [0, 0.05) is 11.6 Å². The fourth-order valence-electron chi connectivity index (χ4n) is 2.11. The number of aromatic hydroxyl groups is 1. The zero-order valence-corrected chi connectivity index (χ0v) is 13.0. The van der Waals surface area contributed by atoms with Gasteiger partial charge in [-0.15, -0.1) is 0 Å². The van der Waals surface area contributed by atoms with Crippen molar-refractivity contribution in [1.29, 1.82) is 0 Å². The van der Waals surface area contributed by atoms with Crippen molar-refractivity contribution in [3.05, 3.63) is 64.7 Å². The molecule has 23 heavy (non-hydrogen) atoms. The zero-order chi connectivity index (χ0) is 16.8. The van der Waals surface area contributed by atoms with Crippen LogP contribution in [0.1, 0.15) is 11.1 Å². The van der Waals surface area contributed by atoms with E-state index in [-0.39, 0.29) is 31.2 Å². The number of carbonyl (C=O) groups excluding carboxylic acids is 1. The van der Waals surface area contributed by atoms with E-state index in [2.05, 4.69) is 0 Å². The molecule has 2 N–H and O–H groups in total. The maximum Gasteiger partial charge on any atom is 0.323 e. The summed E-state index contributed by atoms with van der Waals surface area (Å²) in [6.45, 7) is -0.181. The number of hydrogen-bond donors (Lipinski definition) is 2. The molecule has 6 heteroatoms. The molecule has 0 aliphatic rings. The quantitative estimate of drug-likeness (QED) is 0.852. The fourth-order valence-corrected chi connectivity index (χ4v) is 2.23. The Balaban J connectivity index is 2.09. The molecule has 2 aromatic carbocycles. The van der Waals surface area contributed by atoms with Crippen LogP contribution in [0.4, 0.5) is 0 Å². The second kappa shape index (κ2) is 7.65. The molecule has 0 saturated heterocycles. The summed E-state index contributed by atoms with van der Waals surface area (Å²) in [6.07, 6.45) is 0.0706. The lowest BCUT2D eigenvalue weighted by Crippen LogP contribution is -2.36. The van der Waals surface area contributed by atoms with Crippen molar-refractivity contribution in [2.75, 3.05) is 6.54 Å². The Morgan fingerprint density at radius 1 is 0.957 bits per heavy atom. The van der Waals surface area contributed by atoms with E-state index in [4.69, 9.17) is 16.7 Å². The molecule has 2 aromatic rings. The van der Waals surface area contributed by atoms with Gasteiger partial charge in [0.25, 0.3) is 0 Å². The highest BCUT2D eigenvalue weighted by Gasteiger charge is 2.17. The number of aliphatic carboxylic acids is 1. The van der Waals surface area contributed by atoms with Crippen LogP contribution in [0.15, 0.2) is 48.5 Å². The van der Waals surface area contributed by atoms with Crippen LogP contribution < -0.4 is 0 Å². The van der Waals surface area contributed by atoms with Crippen LogP contribution in [0.5, 0.6) is 5.75 Å². The molecule has 0 aliphatic heterocycles. The largest absolute Gasteiger partial charge is 0.508 e. The molecule has 0 aromatic heterocycles. The van der Waals surface area contributed by atoms with E-state index < -0.39 is 5.97 Å². The van der Waals surface area contributed by atoms with Gasteiger partial charge < -0.3 is 15.1 Å². The van der Waals surface area contributed by atoms with Gasteiger partial charge >= 0.3 is 5.97 Å². The van der Waals surface area contributed by atoms with Crippen LogP contribution in [-0.2, 0) is 22.6 Å². The Morgan fingerprint density at radius 2 is 1.52 bits per heavy atom. The molecule has 0 fully saturated rings. The molecule has 2 rings (SSSR count). The first kappa shape index (κ1) is 16.8. The van der Waals surface area contributed by atoms with Crippen molar-refractivity contribution in [3.63, 3.8) is 0 Å². The van der Waals surface area contributed by atoms with Gasteiger partial charge in [-0.2, -0.15) is 0 Å². The summed E-state index contributed by atoms with van der Waals surface area (Å²) < 4.78 is 0. The average molecular weight is 334 g/mol. The number of amides is 1. The molecule has 120 valence electrons. The summed E-state index contributed by atoms with van der Waals surface area (Å²) in [5, 5.41) is 18.8. The summed E-state index contributed by atoms with van der Waals surface area (Å²) in [7, 11) is 0. The first-order valence-corrected chi connectivity index (χ1v) is 7.34. The third-order valence-corrected chi connectivity index (χ3v) is 3.51. The highest BCUT2D eigenvalue weighted by atomic mass is 35.5. The van der Waals surface area contributed by atoms with Crippen molar-refractivity contribution in [1.82, 2.24) is 4.90 Å². The molecule has 0 spiro atoms. The van der Waals surface area contributed by atoms with Crippen molar-refractivity contribution in [2.45, 2.75) is 13.0 Å². The number of rotatable bonds is 6. The number of carboxylic acids is 1. The molecule has 0 aliphatic carbocycles. The lowest BCUT2D eigenvalue weighted by atomic mass is 10.1. The van der Waals surface area contributed by atoms with Gasteiger partial charge in [-0.05, 0) is 35.4 Å². The highest BCUT2D eigenvalue weighted by molar-refractivity contribution is 6.30. The summed E-state index contributed by atoms with van der Waals surface area (Å²) in [6, 6.07) is 13.1. The van der Waals surface area contributed by atoms with Crippen LogP contribution in [0.25, 0.3) is 0 Å². The normalized spacial score (nSPS) is 10.3. The van der Waals surface area contributed by atoms with Gasteiger partial charge in [0.15, 0.2) is 0 Å². The predicted molar refractivity (Wildman–Crippen MR) is 86.3 cm³/mol. The predicted octanol–water partition coefficient (Wildman–Crippen LogP) is 2.70. The van der Waals surface area contributed by atoms with E-state index >= 15 is 0 Å². The maximum absolute atomic E-state index is 12.4. The summed E-state index contributed by atoms with van der Waals surface area (Å²) in [4.78, 5) is 24.7. The van der Waals surface area contributed by atoms with E-state index in [1.54, 1.807) is 36.4 Å². The zero-order valence-electron chi connectivity index (χ0n) is 12.3. The third-order valence-electron chi connectivity index (χ3n) is 3.26. The summed E-state index contributed by atoms with van der Waals surface area (Å²) in [5.74, 6) is -1.25. The third kappa shape index (κ3) is 5.30. The molecule has 0 atom stereocenters. The van der Waals surface area contributed by atoms with E-state index in [0.29, 0.717) is 10.6 Å². The first-order chi connectivity index (χ1) is 10.9. The molecular weight excluding hydrogens is 318 g/mol. The van der Waals surface area contributed by atoms with Crippen molar-refractivity contribution >= 4 is 23.5 Å². The monoisotopic (exact) mass is 333 g/mol. The Labute approximate surface area is 138 Å². The lowest BCUT2D eigenvalue weighted by Gasteiger charge is -2.21. The minimum absolute atomic E-state index is 0.0706. The number of hydrogen-bond acceptors (Lipinski definition) is 3. The van der Waals surface area contributed by atoms with Crippen LogP contribution in [0.3, 0.4) is 0 Å². The van der Waals surface area contributed by atoms with Crippen LogP contribution in [0, 0.1) is 0 Å². The van der Waals surface area contributed by atoms with Crippen LogP contribution >= 0.6 is 11.6 Å². The minimum Gasteiger partial charge on any atom is -0.508 e. The first-order valence-electron chi connectivity index (χ1n) is 6.96. The number of carboxylic acid groups (broad SMARTS) is 1. The number of carbonyl (C=O) groups is 2. The molecule has 5 nitrogen and oxygen atoms in total. The molecule has 1 amide bonds. The lowest BCUT2D eigenvalue weighted by molar-refractivity contribution is -0.144. The molecule has 0 radical (unpaired) electrons. The van der Waals surface area contributed by atoms with Crippen LogP contribution in [0.2, 0.25) is 5.02 Å². The maximum atomic E-state index is 12.4. The average Bonchev–Trinajstić information content (AvgIpc) is 2.50. The number of phenols is 1. The standard InChI is InChI=1S/C17H16ClNO4/c18-14-5-1-13(2-6-14)10-19(11-17(22)23)16(21)9-12-3-7-15(20)8-4-12/h1-8,20H,9-11H2,(H,22,23). The Bertz CT molecular complexity index is 683. The summed E-state index contributed by atoms with van der Waals surface area (Å²) in [5.41, 5.74) is 1.51. The number of benzene rings is 2. The van der Waals surface area contributed by atoms with E-state index in [9.17, 15) is 14.7 Å². The topological polar surface area (TPSA) is 77.8 Å². The Morgan fingerprint density at radius 3 is 2.09 bits per heavy atom. The van der Waals surface area contributed by atoms with Crippen molar-refractivity contribution < 1.29 is 19.8 Å². The van der Waals surface area contributed by atoms with Crippen molar-refractivity contribution in [3.8, 4) is 5.75 Å². The minimum atomic E-state index is -1.07. The van der Waals surface area contributed by atoms with Gasteiger partial charge in [0.05, 0.1) is 6.42 Å². The molecule has 0 bridgehead atoms. The fraction of sp³-hybridized carbons (Fsp3) is 0.176. The molecular formula is C17H16ClNO4. The SMILES string of the molecule is O=C(O)CN(Cc1ccc(Cl)cc1)C(=O)Cc1ccc(O)cc1. The number of halogens is 1. The Kier molecular flexibility index (Phi) is 5.60. The van der Waals surface area contributed by atoms with Gasteiger partial charge in [-0.3, -0.25) is 9.59 Å². The van der Waals surface area contributed by atoms with E-state index in [1.165, 1.54) is 17.0 Å². The number of phenolic OH excluding ortho intramolecular Hbond substituents is 1. The molecule has 0 heterocycles. The highest BCUT2D eigenvalue weighted by Crippen LogP contribution is 2.14. The van der Waals surface area contributed by atoms with Gasteiger partial charge in [-0.25, -0.2) is 0 Å². The second-order valence-electron chi connectivity index (χ2n) is 5.11. The smallest absolute Gasteiger partial charge is 0.323 e. The Hall–Kier alpha value is -2.53. The molecule has 0 saturated carbocycles. The molecule has 0 unspecified atom stereocenters. The van der Waals surface area contributed by atoms with E-state index in [1.807, 2.05) is 0 Å². The van der Waals surface area contributed by atoms with E-state index in [0.717, 1.165) is 5.56 Å². The van der Waals surface area contributed by atoms with Gasteiger partial charge in [0.2, 0.25) is 5.91 Å². The van der Waals surface area contributed by atoms with Gasteiger partial charge in [0.1, 0.15) is 12.3 Å². The number of nitrogens with zero attached hydrogens (tertiary/aromatic N) is 1. The second-order valence-corrected chi connectivity index (χ2v) is 5.55. The van der Waals surface area contributed by atoms with Crippen LogP contribution in [-0.4, -0.2) is 33.5 Å². The summed E-state index contributed by atoms with van der Waals surface area (Å²) >= 11 is 5.82. The van der Waals surface area contributed by atoms with Crippen molar-refractivity contribution in [2.24, 2.45) is 0 Å². The van der Waals surface area contributed by atoms with Gasteiger partial charge in [-0.1, -0.05) is 35.9 Å².